The average molecular weight is 221 g/mol. The van der Waals surface area contributed by atoms with E-state index in [2.05, 4.69) is 15.2 Å². The highest BCUT2D eigenvalue weighted by Crippen LogP contribution is 2.18. The summed E-state index contributed by atoms with van der Waals surface area (Å²) in [5.74, 6) is 0.0229. The molecule has 1 unspecified atom stereocenters. The van der Waals surface area contributed by atoms with Gasteiger partial charge < -0.3 is 10.1 Å². The number of hydrogen-bond acceptors (Lipinski definition) is 3. The zero-order valence-corrected chi connectivity index (χ0v) is 7.74. The van der Waals surface area contributed by atoms with Gasteiger partial charge in [0, 0.05) is 13.1 Å². The summed E-state index contributed by atoms with van der Waals surface area (Å²) < 4.78 is 42.1. The van der Waals surface area contributed by atoms with Crippen LogP contribution < -0.4 is 10.1 Å². The van der Waals surface area contributed by atoms with Crippen molar-refractivity contribution in [3.63, 3.8) is 0 Å². The van der Waals surface area contributed by atoms with E-state index < -0.39 is 12.8 Å². The number of halogens is 3. The zero-order valence-electron chi connectivity index (χ0n) is 7.74. The van der Waals surface area contributed by atoms with E-state index in [1.165, 1.54) is 12.4 Å². The summed E-state index contributed by atoms with van der Waals surface area (Å²) in [5.41, 5.74) is 0. The van der Waals surface area contributed by atoms with Crippen LogP contribution in [0.25, 0.3) is 0 Å². The Morgan fingerprint density at radius 1 is 1.47 bits per heavy atom. The molecular formula is C8H10F3N3O. The first kappa shape index (κ1) is 10.3. The summed E-state index contributed by atoms with van der Waals surface area (Å²) in [6, 6.07) is 0.201. The van der Waals surface area contributed by atoms with Gasteiger partial charge in [0.25, 0.3) is 6.36 Å². The van der Waals surface area contributed by atoms with E-state index in [1.807, 2.05) is 0 Å². The third kappa shape index (κ3) is 2.23. The standard InChI is InChI=1S/C8H10F3N3O/c9-7(10)8(11)15-6-3-13-14(4-6)5-1-12-2-5/h3-5,7-8,12H,1-2H2. The molecular weight excluding hydrogens is 211 g/mol. The maximum absolute atomic E-state index is 12.5. The van der Waals surface area contributed by atoms with Gasteiger partial charge in [-0.1, -0.05) is 0 Å². The zero-order chi connectivity index (χ0) is 10.8. The van der Waals surface area contributed by atoms with Crippen LogP contribution in [0, 0.1) is 0 Å². The second kappa shape index (κ2) is 4.09. The monoisotopic (exact) mass is 221 g/mol. The van der Waals surface area contributed by atoms with Gasteiger partial charge in [-0.15, -0.1) is 0 Å². The molecule has 0 aliphatic carbocycles. The molecule has 1 N–H and O–H groups in total. The van der Waals surface area contributed by atoms with Crippen molar-refractivity contribution in [1.82, 2.24) is 15.1 Å². The Bertz CT molecular complexity index is 327. The molecule has 1 aromatic heterocycles. The molecule has 0 saturated carbocycles. The van der Waals surface area contributed by atoms with Crippen molar-refractivity contribution >= 4 is 0 Å². The second-order valence-corrected chi connectivity index (χ2v) is 3.27. The number of nitrogens with zero attached hydrogens (tertiary/aromatic N) is 2. The Hall–Kier alpha value is -1.24. The van der Waals surface area contributed by atoms with Crippen LogP contribution in [0.4, 0.5) is 13.2 Å². The van der Waals surface area contributed by atoms with Crippen molar-refractivity contribution in [1.29, 1.82) is 0 Å². The number of hydrogen-bond donors (Lipinski definition) is 1. The van der Waals surface area contributed by atoms with Gasteiger partial charge in [-0.3, -0.25) is 4.68 Å². The molecule has 0 spiro atoms. The first-order valence-electron chi connectivity index (χ1n) is 4.50. The summed E-state index contributed by atoms with van der Waals surface area (Å²) >= 11 is 0. The number of ether oxygens (including phenoxy) is 1. The normalized spacial score (nSPS) is 18.9. The van der Waals surface area contributed by atoms with Crippen molar-refractivity contribution < 1.29 is 17.9 Å². The Morgan fingerprint density at radius 2 is 2.20 bits per heavy atom. The van der Waals surface area contributed by atoms with Crippen LogP contribution in [-0.4, -0.2) is 35.7 Å². The highest BCUT2D eigenvalue weighted by Gasteiger charge is 2.23. The van der Waals surface area contributed by atoms with E-state index >= 15 is 0 Å². The number of alkyl halides is 3. The molecule has 1 fully saturated rings. The summed E-state index contributed by atoms with van der Waals surface area (Å²) in [7, 11) is 0. The molecule has 1 aliphatic heterocycles. The van der Waals surface area contributed by atoms with Crippen LogP contribution >= 0.6 is 0 Å². The highest BCUT2D eigenvalue weighted by atomic mass is 19.3. The lowest BCUT2D eigenvalue weighted by molar-refractivity contribution is -0.0669. The Labute approximate surface area is 84.0 Å². The minimum Gasteiger partial charge on any atom is -0.451 e. The SMILES string of the molecule is FC(F)C(F)Oc1cnn(C2CNC2)c1. The molecule has 0 bridgehead atoms. The molecule has 15 heavy (non-hydrogen) atoms. The van der Waals surface area contributed by atoms with Crippen LogP contribution in [-0.2, 0) is 0 Å². The first-order valence-corrected chi connectivity index (χ1v) is 4.50. The van der Waals surface area contributed by atoms with E-state index in [1.54, 1.807) is 4.68 Å². The fourth-order valence-electron chi connectivity index (χ4n) is 1.22. The third-order valence-corrected chi connectivity index (χ3v) is 2.16. The molecule has 0 radical (unpaired) electrons. The quantitative estimate of drug-likeness (QED) is 0.823. The number of nitrogens with one attached hydrogen (secondary N) is 1. The van der Waals surface area contributed by atoms with E-state index in [-0.39, 0.29) is 11.8 Å². The van der Waals surface area contributed by atoms with Gasteiger partial charge in [0.2, 0.25) is 0 Å². The maximum Gasteiger partial charge on any atom is 0.304 e. The van der Waals surface area contributed by atoms with Gasteiger partial charge in [-0.05, 0) is 0 Å². The molecule has 0 amide bonds. The van der Waals surface area contributed by atoms with Crippen molar-refractivity contribution in [2.75, 3.05) is 13.1 Å². The highest BCUT2D eigenvalue weighted by molar-refractivity contribution is 5.13. The lowest BCUT2D eigenvalue weighted by atomic mass is 10.2. The predicted octanol–water partition coefficient (Wildman–Crippen LogP) is 0.967. The molecule has 7 heteroatoms. The predicted molar refractivity (Wildman–Crippen MR) is 45.7 cm³/mol. The van der Waals surface area contributed by atoms with Crippen molar-refractivity contribution in [2.24, 2.45) is 0 Å². The van der Waals surface area contributed by atoms with E-state index in [0.29, 0.717) is 0 Å². The van der Waals surface area contributed by atoms with Gasteiger partial charge in [0.05, 0.1) is 18.4 Å². The molecule has 2 rings (SSSR count). The molecule has 2 heterocycles. The molecule has 1 aromatic rings. The van der Waals surface area contributed by atoms with E-state index in [4.69, 9.17) is 0 Å². The smallest absolute Gasteiger partial charge is 0.304 e. The van der Waals surface area contributed by atoms with Crippen LogP contribution in [0.15, 0.2) is 12.4 Å². The van der Waals surface area contributed by atoms with Crippen LogP contribution in [0.2, 0.25) is 0 Å². The van der Waals surface area contributed by atoms with Crippen molar-refractivity contribution in [2.45, 2.75) is 18.8 Å². The number of aromatic nitrogens is 2. The molecule has 84 valence electrons. The lowest BCUT2D eigenvalue weighted by Gasteiger charge is -2.26. The summed E-state index contributed by atoms with van der Waals surface area (Å²) in [6.07, 6.45) is -3.09. The van der Waals surface area contributed by atoms with Crippen molar-refractivity contribution in [3.05, 3.63) is 12.4 Å². The third-order valence-electron chi connectivity index (χ3n) is 2.16. The van der Waals surface area contributed by atoms with Crippen LogP contribution in [0.5, 0.6) is 5.75 Å². The first-order chi connectivity index (χ1) is 7.16. The molecule has 0 aromatic carbocycles. The van der Waals surface area contributed by atoms with Gasteiger partial charge in [0.15, 0.2) is 5.75 Å². The molecule has 4 nitrogen and oxygen atoms in total. The van der Waals surface area contributed by atoms with Crippen LogP contribution in [0.3, 0.4) is 0 Å². The van der Waals surface area contributed by atoms with Crippen molar-refractivity contribution in [3.8, 4) is 5.75 Å². The largest absolute Gasteiger partial charge is 0.451 e. The summed E-state index contributed by atoms with van der Waals surface area (Å²) in [6.45, 7) is 1.55. The lowest BCUT2D eigenvalue weighted by Crippen LogP contribution is -2.43. The second-order valence-electron chi connectivity index (χ2n) is 3.27. The average Bonchev–Trinajstić information content (AvgIpc) is 2.49. The van der Waals surface area contributed by atoms with E-state index in [0.717, 1.165) is 13.1 Å². The summed E-state index contributed by atoms with van der Waals surface area (Å²) in [5, 5.41) is 6.92. The Kier molecular flexibility index (Phi) is 2.81. The molecule has 1 aliphatic rings. The van der Waals surface area contributed by atoms with Gasteiger partial charge >= 0.3 is 6.43 Å². The van der Waals surface area contributed by atoms with Crippen LogP contribution in [0.1, 0.15) is 6.04 Å². The minimum atomic E-state index is -3.14. The van der Waals surface area contributed by atoms with Gasteiger partial charge in [-0.25, -0.2) is 8.78 Å². The fourth-order valence-corrected chi connectivity index (χ4v) is 1.22. The Balaban J connectivity index is 1.94. The minimum absolute atomic E-state index is 0.0229. The maximum atomic E-state index is 12.5. The summed E-state index contributed by atoms with van der Waals surface area (Å²) in [4.78, 5) is 0. The van der Waals surface area contributed by atoms with E-state index in [9.17, 15) is 13.2 Å². The topological polar surface area (TPSA) is 39.1 Å². The molecule has 1 atom stereocenters. The fraction of sp³-hybridized carbons (Fsp3) is 0.625. The van der Waals surface area contributed by atoms with Gasteiger partial charge in [-0.2, -0.15) is 9.49 Å². The number of rotatable bonds is 4. The van der Waals surface area contributed by atoms with Gasteiger partial charge in [0.1, 0.15) is 0 Å². The Morgan fingerprint density at radius 3 is 2.73 bits per heavy atom. The molecule has 1 saturated heterocycles.